The Morgan fingerprint density at radius 1 is 0.560 bits per heavy atom. The van der Waals surface area contributed by atoms with E-state index in [1.54, 1.807) is 51.4 Å². The molecule has 10 bridgehead atoms. The van der Waals surface area contributed by atoms with Crippen molar-refractivity contribution in [1.82, 2.24) is 0 Å². The van der Waals surface area contributed by atoms with Gasteiger partial charge in [-0.2, -0.15) is 0 Å². The summed E-state index contributed by atoms with van der Waals surface area (Å²) in [5.41, 5.74) is 0.901. The molecule has 25 heavy (non-hydrogen) atoms. The quantitative estimate of drug-likeness (QED) is 0.521. The van der Waals surface area contributed by atoms with Crippen molar-refractivity contribution in [1.29, 1.82) is 0 Å². The first-order chi connectivity index (χ1) is 12.3. The first-order valence-corrected chi connectivity index (χ1v) is 12.0. The molecule has 0 heterocycles. The first-order valence-electron chi connectivity index (χ1n) is 12.0. The second-order valence-electron chi connectivity index (χ2n) is 12.7. The molecule has 132 valence electrons. The van der Waals surface area contributed by atoms with Gasteiger partial charge in [-0.1, -0.05) is 12.2 Å². The van der Waals surface area contributed by atoms with E-state index in [0.29, 0.717) is 0 Å². The molecule has 0 heteroatoms. The van der Waals surface area contributed by atoms with E-state index >= 15 is 0 Å². The molecule has 0 nitrogen and oxygen atoms in total. The first kappa shape index (κ1) is 13.0. The summed E-state index contributed by atoms with van der Waals surface area (Å²) in [6.45, 7) is 0. The van der Waals surface area contributed by atoms with E-state index in [-0.39, 0.29) is 0 Å². The predicted octanol–water partition coefficient (Wildman–Crippen LogP) is 5.40. The Balaban J connectivity index is 1.15. The molecule has 11 aliphatic rings. The zero-order valence-electron chi connectivity index (χ0n) is 15.4. The van der Waals surface area contributed by atoms with Gasteiger partial charge in [0.15, 0.2) is 0 Å². The highest BCUT2D eigenvalue weighted by atomic mass is 14.8. The second kappa shape index (κ2) is 3.68. The molecule has 0 aromatic carbocycles. The Kier molecular flexibility index (Phi) is 1.92. The van der Waals surface area contributed by atoms with Gasteiger partial charge in [-0.15, -0.1) is 0 Å². The van der Waals surface area contributed by atoms with Gasteiger partial charge in [0, 0.05) is 0 Å². The molecule has 15 atom stereocenters. The van der Waals surface area contributed by atoms with Crippen molar-refractivity contribution >= 4 is 0 Å². The summed E-state index contributed by atoms with van der Waals surface area (Å²) in [5, 5.41) is 0. The largest absolute Gasteiger partial charge is 0.0848 e. The monoisotopic (exact) mass is 332 g/mol. The van der Waals surface area contributed by atoms with Crippen LogP contribution < -0.4 is 0 Å². The maximum absolute atomic E-state index is 2.67. The lowest BCUT2D eigenvalue weighted by Crippen LogP contribution is -2.62. The Bertz CT molecular complexity index is 720. The molecule has 0 N–H and O–H groups in total. The Labute approximate surface area is 152 Å². The Hall–Kier alpha value is -0.260. The Morgan fingerprint density at radius 3 is 2.44 bits per heavy atom. The third-order valence-electron chi connectivity index (χ3n) is 12.8. The van der Waals surface area contributed by atoms with Crippen LogP contribution in [0.4, 0.5) is 0 Å². The SMILES string of the molecule is C1=CC2CC1C1CC3CC45CC(C3C21)C4C1CC2CC3CC2C3C5C1. The Morgan fingerprint density at radius 2 is 1.44 bits per heavy atom. The third kappa shape index (κ3) is 1.15. The molecule has 0 aromatic rings. The van der Waals surface area contributed by atoms with Gasteiger partial charge >= 0.3 is 0 Å². The number of hydrogen-bond acceptors (Lipinski definition) is 0. The minimum Gasteiger partial charge on any atom is -0.0848 e. The third-order valence-corrected chi connectivity index (χ3v) is 12.8. The molecule has 1 spiro atoms. The normalized spacial score (nSPS) is 77.1. The van der Waals surface area contributed by atoms with E-state index in [1.807, 2.05) is 0 Å². The van der Waals surface area contributed by atoms with E-state index in [1.165, 1.54) is 59.2 Å². The molecule has 10 fully saturated rings. The van der Waals surface area contributed by atoms with E-state index in [9.17, 15) is 0 Å². The van der Waals surface area contributed by atoms with Crippen molar-refractivity contribution in [3.63, 3.8) is 0 Å². The molecule has 15 unspecified atom stereocenters. The number of fused-ring (bicyclic) bond motifs is 7. The summed E-state index contributed by atoms with van der Waals surface area (Å²) in [6, 6.07) is 0. The molecule has 0 saturated heterocycles. The summed E-state index contributed by atoms with van der Waals surface area (Å²) in [7, 11) is 0. The van der Waals surface area contributed by atoms with Gasteiger partial charge in [0.2, 0.25) is 0 Å². The van der Waals surface area contributed by atoms with Crippen LogP contribution in [0, 0.1) is 88.3 Å². The summed E-state index contributed by atoms with van der Waals surface area (Å²) < 4.78 is 0. The van der Waals surface area contributed by atoms with Crippen molar-refractivity contribution < 1.29 is 0 Å². The highest BCUT2D eigenvalue weighted by molar-refractivity contribution is 5.27. The fourth-order valence-corrected chi connectivity index (χ4v) is 12.9. The van der Waals surface area contributed by atoms with Gasteiger partial charge in [0.1, 0.15) is 0 Å². The zero-order chi connectivity index (χ0) is 15.7. The number of allylic oxidation sites excluding steroid dienone is 2. The molecule has 11 aliphatic carbocycles. The smallest absolute Gasteiger partial charge is 0.0194 e. The minimum absolute atomic E-state index is 0.901. The van der Waals surface area contributed by atoms with Crippen LogP contribution in [0.3, 0.4) is 0 Å². The average Bonchev–Trinajstić information content (AvgIpc) is 3.33. The molecule has 0 aliphatic heterocycles. The molecule has 0 radical (unpaired) electrons. The summed E-state index contributed by atoms with van der Waals surface area (Å²) in [4.78, 5) is 0. The van der Waals surface area contributed by atoms with Gasteiger partial charge in [-0.3, -0.25) is 0 Å². The van der Waals surface area contributed by atoms with Crippen molar-refractivity contribution in [2.24, 2.45) is 88.3 Å². The van der Waals surface area contributed by atoms with Crippen molar-refractivity contribution in [3.8, 4) is 0 Å². The van der Waals surface area contributed by atoms with Crippen LogP contribution in [0.1, 0.15) is 51.4 Å². The van der Waals surface area contributed by atoms with Crippen molar-refractivity contribution in [2.75, 3.05) is 0 Å². The van der Waals surface area contributed by atoms with Crippen LogP contribution in [0.15, 0.2) is 12.2 Å². The number of hydrogen-bond donors (Lipinski definition) is 0. The standard InChI is InChI=1S/C25H32/c1-2-12-3-11(1)17-7-16-9-25-10-19(23(16)22(12)17)24(25)15-5-13-4-14-6-18(13)21(14)20(25)8-15/h1-2,11-24H,3-10H2. The fourth-order valence-electron chi connectivity index (χ4n) is 12.9. The second-order valence-corrected chi connectivity index (χ2v) is 12.7. The van der Waals surface area contributed by atoms with E-state index in [0.717, 1.165) is 29.1 Å². The van der Waals surface area contributed by atoms with E-state index in [2.05, 4.69) is 12.2 Å². The highest BCUT2D eigenvalue weighted by Gasteiger charge is 2.77. The van der Waals surface area contributed by atoms with Crippen LogP contribution in [0.5, 0.6) is 0 Å². The summed E-state index contributed by atoms with van der Waals surface area (Å²) in [6.07, 6.45) is 18.7. The molecule has 0 aromatic heterocycles. The zero-order valence-corrected chi connectivity index (χ0v) is 15.4. The maximum Gasteiger partial charge on any atom is -0.0194 e. The van der Waals surface area contributed by atoms with Crippen LogP contribution in [-0.2, 0) is 0 Å². The van der Waals surface area contributed by atoms with Gasteiger partial charge in [-0.25, -0.2) is 0 Å². The number of rotatable bonds is 0. The minimum atomic E-state index is 0.901. The highest BCUT2D eigenvalue weighted by Crippen LogP contribution is 2.84. The van der Waals surface area contributed by atoms with Crippen LogP contribution in [0.2, 0.25) is 0 Å². The van der Waals surface area contributed by atoms with Gasteiger partial charge in [0.05, 0.1) is 0 Å². The molecular formula is C25H32. The molecule has 10 saturated carbocycles. The van der Waals surface area contributed by atoms with Crippen molar-refractivity contribution in [2.45, 2.75) is 51.4 Å². The lowest BCUT2D eigenvalue weighted by atomic mass is 9.37. The fraction of sp³-hybridized carbons (Fsp3) is 0.920. The molecular weight excluding hydrogens is 300 g/mol. The average molecular weight is 333 g/mol. The van der Waals surface area contributed by atoms with E-state index < -0.39 is 0 Å². The lowest BCUT2D eigenvalue weighted by Gasteiger charge is -2.67. The molecule has 0 amide bonds. The molecule has 11 rings (SSSR count). The lowest BCUT2D eigenvalue weighted by molar-refractivity contribution is -0.195. The van der Waals surface area contributed by atoms with Gasteiger partial charge in [0.25, 0.3) is 0 Å². The van der Waals surface area contributed by atoms with E-state index in [4.69, 9.17) is 0 Å². The van der Waals surface area contributed by atoms with Gasteiger partial charge in [-0.05, 0) is 140 Å². The summed E-state index contributed by atoms with van der Waals surface area (Å²) >= 11 is 0. The van der Waals surface area contributed by atoms with Crippen LogP contribution in [0.25, 0.3) is 0 Å². The van der Waals surface area contributed by atoms with Crippen LogP contribution in [-0.4, -0.2) is 0 Å². The summed E-state index contributed by atoms with van der Waals surface area (Å²) in [5.74, 6) is 16.3. The van der Waals surface area contributed by atoms with Gasteiger partial charge < -0.3 is 0 Å². The topological polar surface area (TPSA) is 0 Å². The van der Waals surface area contributed by atoms with Crippen molar-refractivity contribution in [3.05, 3.63) is 12.2 Å². The maximum atomic E-state index is 2.67. The van der Waals surface area contributed by atoms with Crippen LogP contribution >= 0.6 is 0 Å². The predicted molar refractivity (Wildman–Crippen MR) is 97.4 cm³/mol.